The van der Waals surface area contributed by atoms with Gasteiger partial charge in [0.2, 0.25) is 0 Å². The van der Waals surface area contributed by atoms with Gasteiger partial charge in [-0.05, 0) is 30.5 Å². The summed E-state index contributed by atoms with van der Waals surface area (Å²) in [5, 5.41) is 9.73. The van der Waals surface area contributed by atoms with Crippen LogP contribution in [0.1, 0.15) is 24.8 Å². The van der Waals surface area contributed by atoms with Crippen molar-refractivity contribution in [3.8, 4) is 5.75 Å². The minimum absolute atomic E-state index is 0.00411. The largest absolute Gasteiger partial charge is 0.487 e. The lowest BCUT2D eigenvalue weighted by Crippen LogP contribution is -2.45. The topological polar surface area (TPSA) is 80.7 Å². The Kier molecular flexibility index (Phi) is 3.41. The van der Waals surface area contributed by atoms with Crippen molar-refractivity contribution in [2.45, 2.75) is 30.8 Å². The van der Waals surface area contributed by atoms with Crippen molar-refractivity contribution >= 4 is 27.4 Å². The van der Waals surface area contributed by atoms with Crippen LogP contribution in [0.25, 0.3) is 0 Å². The Labute approximate surface area is 127 Å². The molecule has 3 rings (SSSR count). The van der Waals surface area contributed by atoms with Crippen LogP contribution in [0.3, 0.4) is 0 Å². The maximum atomic E-state index is 11.5. The minimum Gasteiger partial charge on any atom is -0.487 e. The van der Waals surface area contributed by atoms with E-state index in [0.717, 1.165) is 6.42 Å². The van der Waals surface area contributed by atoms with Gasteiger partial charge < -0.3 is 9.84 Å². The van der Waals surface area contributed by atoms with Crippen LogP contribution in [0.4, 0.5) is 0 Å². The average molecular weight is 331 g/mol. The second kappa shape index (κ2) is 4.88. The molecule has 1 aromatic carbocycles. The first-order valence-electron chi connectivity index (χ1n) is 6.73. The first-order chi connectivity index (χ1) is 9.82. The zero-order valence-corrected chi connectivity index (χ0v) is 12.8. The number of carboxylic acid groups (broad SMARTS) is 1. The fraction of sp³-hybridized carbons (Fsp3) is 0.500. The van der Waals surface area contributed by atoms with Crippen molar-refractivity contribution in [2.75, 3.05) is 11.5 Å². The maximum absolute atomic E-state index is 11.5. The van der Waals surface area contributed by atoms with E-state index in [2.05, 4.69) is 0 Å². The van der Waals surface area contributed by atoms with E-state index in [1.165, 1.54) is 0 Å². The van der Waals surface area contributed by atoms with Crippen LogP contribution in [0.2, 0.25) is 5.02 Å². The summed E-state index contributed by atoms with van der Waals surface area (Å²) in [7, 11) is -2.95. The summed E-state index contributed by atoms with van der Waals surface area (Å²) in [6.07, 6.45) is 1.75. The smallest absolute Gasteiger partial charge is 0.314 e. The molecule has 0 aromatic heterocycles. The van der Waals surface area contributed by atoms with Gasteiger partial charge in [-0.2, -0.15) is 0 Å². The molecular formula is C14H15ClO5S. The summed E-state index contributed by atoms with van der Waals surface area (Å²) in [5.41, 5.74) is -0.151. The van der Waals surface area contributed by atoms with Crippen molar-refractivity contribution in [1.82, 2.24) is 0 Å². The number of ether oxygens (including phenoxy) is 1. The molecule has 1 aromatic rings. The maximum Gasteiger partial charge on any atom is 0.314 e. The molecule has 5 nitrogen and oxygen atoms in total. The SMILES string of the molecule is O=C(O)C1(c2ccc(OC3CS(=O)(=O)C3)c(Cl)c2)CCC1. The fourth-order valence-corrected chi connectivity index (χ4v) is 4.21. The van der Waals surface area contributed by atoms with Crippen molar-refractivity contribution in [3.05, 3.63) is 28.8 Å². The molecule has 0 spiro atoms. The highest BCUT2D eigenvalue weighted by Crippen LogP contribution is 2.45. The van der Waals surface area contributed by atoms with Gasteiger partial charge in [-0.3, -0.25) is 4.79 Å². The standard InChI is InChI=1S/C14H15ClO5S/c15-11-6-9(14(13(16)17)4-1-5-14)2-3-12(11)20-10-7-21(18,19)8-10/h2-3,6,10H,1,4-5,7-8H2,(H,16,17). The monoisotopic (exact) mass is 330 g/mol. The number of hydrogen-bond acceptors (Lipinski definition) is 4. The average Bonchev–Trinajstić information content (AvgIpc) is 2.28. The van der Waals surface area contributed by atoms with E-state index in [4.69, 9.17) is 16.3 Å². The molecule has 1 aliphatic carbocycles. The number of rotatable bonds is 4. The first-order valence-corrected chi connectivity index (χ1v) is 8.93. The molecular weight excluding hydrogens is 316 g/mol. The van der Waals surface area contributed by atoms with Crippen molar-refractivity contribution in [1.29, 1.82) is 0 Å². The van der Waals surface area contributed by atoms with Crippen LogP contribution in [-0.4, -0.2) is 37.1 Å². The molecule has 1 saturated heterocycles. The van der Waals surface area contributed by atoms with Gasteiger partial charge in [-0.15, -0.1) is 0 Å². The molecule has 1 heterocycles. The normalized spacial score (nSPS) is 22.9. The molecule has 0 amide bonds. The number of aliphatic carboxylic acids is 1. The van der Waals surface area contributed by atoms with Crippen molar-refractivity contribution in [2.24, 2.45) is 0 Å². The Bertz CT molecular complexity index is 681. The fourth-order valence-electron chi connectivity index (χ4n) is 2.82. The number of halogens is 1. The summed E-state index contributed by atoms with van der Waals surface area (Å²) in [4.78, 5) is 11.5. The van der Waals surface area contributed by atoms with Crippen molar-refractivity contribution < 1.29 is 23.1 Å². The molecule has 21 heavy (non-hydrogen) atoms. The molecule has 1 aliphatic heterocycles. The van der Waals surface area contributed by atoms with Gasteiger partial charge in [0.1, 0.15) is 11.9 Å². The summed E-state index contributed by atoms with van der Waals surface area (Å²) in [6, 6.07) is 4.96. The third-order valence-corrected chi connectivity index (χ3v) is 6.33. The molecule has 0 bridgehead atoms. The lowest BCUT2D eigenvalue weighted by molar-refractivity contribution is -0.147. The summed E-state index contributed by atoms with van der Waals surface area (Å²) < 4.78 is 27.7. The lowest BCUT2D eigenvalue weighted by atomic mass is 9.64. The highest BCUT2D eigenvalue weighted by molar-refractivity contribution is 7.92. The number of hydrogen-bond donors (Lipinski definition) is 1. The molecule has 0 atom stereocenters. The molecule has 2 aliphatic rings. The molecule has 1 saturated carbocycles. The van der Waals surface area contributed by atoms with E-state index in [0.29, 0.717) is 29.2 Å². The van der Waals surface area contributed by atoms with E-state index >= 15 is 0 Å². The van der Waals surface area contributed by atoms with E-state index in [1.54, 1.807) is 18.2 Å². The van der Waals surface area contributed by atoms with Gasteiger partial charge in [-0.25, -0.2) is 8.42 Å². The Morgan fingerprint density at radius 3 is 2.43 bits per heavy atom. The number of carbonyl (C=O) groups is 1. The highest BCUT2D eigenvalue weighted by atomic mass is 35.5. The molecule has 0 radical (unpaired) electrons. The van der Waals surface area contributed by atoms with Crippen LogP contribution in [-0.2, 0) is 20.0 Å². The van der Waals surface area contributed by atoms with Crippen LogP contribution in [0, 0.1) is 0 Å². The zero-order chi connectivity index (χ0) is 15.3. The number of carboxylic acids is 1. The number of sulfone groups is 1. The van der Waals surface area contributed by atoms with Crippen LogP contribution in [0.15, 0.2) is 18.2 Å². The molecule has 2 fully saturated rings. The summed E-state index contributed by atoms with van der Waals surface area (Å²) in [6.45, 7) is 0. The molecule has 0 unspecified atom stereocenters. The second-order valence-electron chi connectivity index (χ2n) is 5.70. The van der Waals surface area contributed by atoms with Gasteiger partial charge in [-0.1, -0.05) is 24.1 Å². The third-order valence-electron chi connectivity index (χ3n) is 4.27. The molecule has 7 heteroatoms. The predicted octanol–water partition coefficient (Wildman–Crippen LogP) is 2.02. The quantitative estimate of drug-likeness (QED) is 0.913. The zero-order valence-electron chi connectivity index (χ0n) is 11.2. The lowest BCUT2D eigenvalue weighted by Gasteiger charge is -2.38. The second-order valence-corrected chi connectivity index (χ2v) is 8.26. The predicted molar refractivity (Wildman–Crippen MR) is 77.7 cm³/mol. The van der Waals surface area contributed by atoms with Crippen LogP contribution < -0.4 is 4.74 Å². The van der Waals surface area contributed by atoms with E-state index < -0.39 is 21.2 Å². The Balaban J connectivity index is 1.79. The highest BCUT2D eigenvalue weighted by Gasteiger charge is 2.46. The van der Waals surface area contributed by atoms with Gasteiger partial charge in [0.25, 0.3) is 0 Å². The number of benzene rings is 1. The van der Waals surface area contributed by atoms with Crippen LogP contribution >= 0.6 is 11.6 Å². The van der Waals surface area contributed by atoms with Gasteiger partial charge in [0, 0.05) is 0 Å². The van der Waals surface area contributed by atoms with Crippen molar-refractivity contribution in [3.63, 3.8) is 0 Å². The van der Waals surface area contributed by atoms with E-state index in [1.807, 2.05) is 0 Å². The Morgan fingerprint density at radius 2 is 2.00 bits per heavy atom. The Hall–Kier alpha value is -1.27. The van der Waals surface area contributed by atoms with E-state index in [9.17, 15) is 18.3 Å². The van der Waals surface area contributed by atoms with Gasteiger partial charge in [0.15, 0.2) is 9.84 Å². The van der Waals surface area contributed by atoms with E-state index in [-0.39, 0.29) is 17.6 Å². The Morgan fingerprint density at radius 1 is 1.33 bits per heavy atom. The molecule has 114 valence electrons. The first kappa shape index (κ1) is 14.7. The van der Waals surface area contributed by atoms with Crippen LogP contribution in [0.5, 0.6) is 5.75 Å². The van der Waals surface area contributed by atoms with Gasteiger partial charge >= 0.3 is 5.97 Å². The van der Waals surface area contributed by atoms with Gasteiger partial charge in [0.05, 0.1) is 21.9 Å². The minimum atomic E-state index is -2.95. The summed E-state index contributed by atoms with van der Waals surface area (Å²) in [5.74, 6) is -0.419. The third kappa shape index (κ3) is 2.51. The molecule has 1 N–H and O–H groups in total. The summed E-state index contributed by atoms with van der Waals surface area (Å²) >= 11 is 6.15.